The summed E-state index contributed by atoms with van der Waals surface area (Å²) in [7, 11) is 0. The second kappa shape index (κ2) is 5.20. The van der Waals surface area contributed by atoms with E-state index < -0.39 is 0 Å². The molecule has 1 aliphatic carbocycles. The lowest BCUT2D eigenvalue weighted by Gasteiger charge is -2.20. The molecule has 1 N–H and O–H groups in total. The molecule has 0 saturated heterocycles. The second-order valence-corrected chi connectivity index (χ2v) is 5.49. The van der Waals surface area contributed by atoms with Gasteiger partial charge >= 0.3 is 0 Å². The van der Waals surface area contributed by atoms with Crippen molar-refractivity contribution in [2.75, 3.05) is 0 Å². The van der Waals surface area contributed by atoms with Gasteiger partial charge in [-0.2, -0.15) is 0 Å². The van der Waals surface area contributed by atoms with Crippen LogP contribution in [-0.2, 0) is 0 Å². The van der Waals surface area contributed by atoms with E-state index in [1.807, 2.05) is 12.1 Å². The van der Waals surface area contributed by atoms with Gasteiger partial charge in [-0.15, -0.1) is 0 Å². The van der Waals surface area contributed by atoms with Crippen LogP contribution in [0.5, 0.6) is 0 Å². The molecule has 0 radical (unpaired) electrons. The summed E-state index contributed by atoms with van der Waals surface area (Å²) in [5.74, 6) is 0.879. The minimum atomic E-state index is 0.397. The third kappa shape index (κ3) is 2.99. The predicted molar refractivity (Wildman–Crippen MR) is 69.8 cm³/mol. The minimum Gasteiger partial charge on any atom is -0.307 e. The summed E-state index contributed by atoms with van der Waals surface area (Å²) >= 11 is 6.00. The van der Waals surface area contributed by atoms with Crippen molar-refractivity contribution in [1.29, 1.82) is 0 Å². The lowest BCUT2D eigenvalue weighted by Crippen LogP contribution is -2.29. The molecule has 0 heterocycles. The molecule has 16 heavy (non-hydrogen) atoms. The van der Waals surface area contributed by atoms with Crippen LogP contribution in [-0.4, -0.2) is 6.04 Å². The Morgan fingerprint density at radius 2 is 2.19 bits per heavy atom. The molecule has 0 amide bonds. The van der Waals surface area contributed by atoms with Crippen molar-refractivity contribution in [3.05, 3.63) is 34.9 Å². The lowest BCUT2D eigenvalue weighted by molar-refractivity contribution is 0.449. The largest absolute Gasteiger partial charge is 0.307 e. The lowest BCUT2D eigenvalue weighted by atomic mass is 10.1. The van der Waals surface area contributed by atoms with Gasteiger partial charge < -0.3 is 5.32 Å². The van der Waals surface area contributed by atoms with E-state index in [0.29, 0.717) is 12.1 Å². The van der Waals surface area contributed by atoms with Gasteiger partial charge in [0, 0.05) is 17.1 Å². The summed E-state index contributed by atoms with van der Waals surface area (Å²) in [6, 6.07) is 9.22. The third-order valence-corrected chi connectivity index (χ3v) is 3.76. The van der Waals surface area contributed by atoms with Gasteiger partial charge in [0.05, 0.1) is 0 Å². The first kappa shape index (κ1) is 11.9. The zero-order valence-electron chi connectivity index (χ0n) is 10.0. The third-order valence-electron chi connectivity index (χ3n) is 3.53. The van der Waals surface area contributed by atoms with Crippen molar-refractivity contribution in [2.24, 2.45) is 5.92 Å². The highest BCUT2D eigenvalue weighted by Gasteiger charge is 2.22. The number of hydrogen-bond donors (Lipinski definition) is 1. The molecule has 1 aliphatic rings. The van der Waals surface area contributed by atoms with E-state index in [1.165, 1.54) is 24.8 Å². The summed E-state index contributed by atoms with van der Waals surface area (Å²) in [4.78, 5) is 0. The van der Waals surface area contributed by atoms with Crippen LogP contribution >= 0.6 is 11.6 Å². The fourth-order valence-electron chi connectivity index (χ4n) is 2.58. The fraction of sp³-hybridized carbons (Fsp3) is 0.571. The van der Waals surface area contributed by atoms with Crippen LogP contribution in [0.15, 0.2) is 24.3 Å². The Hall–Kier alpha value is -0.530. The average molecular weight is 238 g/mol. The molecule has 1 saturated carbocycles. The minimum absolute atomic E-state index is 0.397. The molecule has 0 aliphatic heterocycles. The van der Waals surface area contributed by atoms with Crippen molar-refractivity contribution in [2.45, 2.75) is 45.2 Å². The summed E-state index contributed by atoms with van der Waals surface area (Å²) in [6.45, 7) is 4.56. The van der Waals surface area contributed by atoms with Gasteiger partial charge in [0.1, 0.15) is 0 Å². The first-order chi connectivity index (χ1) is 7.65. The highest BCUT2D eigenvalue weighted by molar-refractivity contribution is 6.30. The maximum Gasteiger partial charge on any atom is 0.0409 e. The highest BCUT2D eigenvalue weighted by atomic mass is 35.5. The van der Waals surface area contributed by atoms with Crippen molar-refractivity contribution in [1.82, 2.24) is 5.32 Å². The van der Waals surface area contributed by atoms with E-state index >= 15 is 0 Å². The average Bonchev–Trinajstić information content (AvgIpc) is 2.64. The highest BCUT2D eigenvalue weighted by Crippen LogP contribution is 2.27. The van der Waals surface area contributed by atoms with Gasteiger partial charge in [0.15, 0.2) is 0 Å². The number of benzene rings is 1. The zero-order valence-corrected chi connectivity index (χ0v) is 10.8. The molecule has 3 atom stereocenters. The van der Waals surface area contributed by atoms with Gasteiger partial charge in [-0.3, -0.25) is 0 Å². The molecule has 0 aromatic heterocycles. The summed E-state index contributed by atoms with van der Waals surface area (Å²) < 4.78 is 0. The van der Waals surface area contributed by atoms with E-state index in [0.717, 1.165) is 10.9 Å². The number of nitrogens with one attached hydrogen (secondary N) is 1. The van der Waals surface area contributed by atoms with Gasteiger partial charge in [-0.05, 0) is 49.8 Å². The van der Waals surface area contributed by atoms with E-state index in [-0.39, 0.29) is 0 Å². The van der Waals surface area contributed by atoms with Crippen molar-refractivity contribution >= 4 is 11.6 Å². The van der Waals surface area contributed by atoms with Crippen LogP contribution in [0.1, 0.15) is 44.7 Å². The number of rotatable bonds is 3. The Balaban J connectivity index is 1.95. The van der Waals surface area contributed by atoms with Gasteiger partial charge in [-0.25, -0.2) is 0 Å². The molecule has 0 spiro atoms. The van der Waals surface area contributed by atoms with E-state index in [2.05, 4.69) is 31.3 Å². The summed E-state index contributed by atoms with van der Waals surface area (Å²) in [6.07, 6.45) is 3.98. The van der Waals surface area contributed by atoms with Crippen LogP contribution in [0.25, 0.3) is 0 Å². The molecule has 2 rings (SSSR count). The molecule has 0 bridgehead atoms. The van der Waals surface area contributed by atoms with Crippen molar-refractivity contribution < 1.29 is 0 Å². The standard InChI is InChI=1S/C14H20ClN/c1-10-6-7-14(8-10)16-11(2)12-4-3-5-13(15)9-12/h3-5,9-11,14,16H,6-8H2,1-2H3/t10?,11-,14?/m0/s1. The number of halogens is 1. The molecular formula is C14H20ClN. The smallest absolute Gasteiger partial charge is 0.0409 e. The molecular weight excluding hydrogens is 218 g/mol. The Labute approximate surface area is 103 Å². The molecule has 88 valence electrons. The first-order valence-corrected chi connectivity index (χ1v) is 6.54. The Bertz CT molecular complexity index is 350. The van der Waals surface area contributed by atoms with Crippen molar-refractivity contribution in [3.63, 3.8) is 0 Å². The van der Waals surface area contributed by atoms with Crippen LogP contribution in [0.2, 0.25) is 5.02 Å². The van der Waals surface area contributed by atoms with Crippen LogP contribution < -0.4 is 5.32 Å². The van der Waals surface area contributed by atoms with Crippen LogP contribution in [0.3, 0.4) is 0 Å². The fourth-order valence-corrected chi connectivity index (χ4v) is 2.78. The molecule has 1 nitrogen and oxygen atoms in total. The van der Waals surface area contributed by atoms with Crippen LogP contribution in [0.4, 0.5) is 0 Å². The topological polar surface area (TPSA) is 12.0 Å². The maximum atomic E-state index is 6.00. The SMILES string of the molecule is CC1CCC(N[C@@H](C)c2cccc(Cl)c2)C1. The van der Waals surface area contributed by atoms with Crippen molar-refractivity contribution in [3.8, 4) is 0 Å². The second-order valence-electron chi connectivity index (χ2n) is 5.06. The summed E-state index contributed by atoms with van der Waals surface area (Å²) in [5.41, 5.74) is 1.28. The molecule has 1 fully saturated rings. The van der Waals surface area contributed by atoms with Gasteiger partial charge in [-0.1, -0.05) is 30.7 Å². The normalized spacial score (nSPS) is 26.9. The maximum absolute atomic E-state index is 6.00. The number of hydrogen-bond acceptors (Lipinski definition) is 1. The van der Waals surface area contributed by atoms with Crippen LogP contribution in [0, 0.1) is 5.92 Å². The van der Waals surface area contributed by atoms with E-state index in [9.17, 15) is 0 Å². The molecule has 1 aromatic carbocycles. The molecule has 2 heteroatoms. The monoisotopic (exact) mass is 237 g/mol. The van der Waals surface area contributed by atoms with E-state index in [4.69, 9.17) is 11.6 Å². The summed E-state index contributed by atoms with van der Waals surface area (Å²) in [5, 5.41) is 4.52. The predicted octanol–water partition coefficient (Wildman–Crippen LogP) is 4.18. The molecule has 1 aromatic rings. The Kier molecular flexibility index (Phi) is 3.88. The van der Waals surface area contributed by atoms with Gasteiger partial charge in [0.2, 0.25) is 0 Å². The zero-order chi connectivity index (χ0) is 11.5. The van der Waals surface area contributed by atoms with E-state index in [1.54, 1.807) is 0 Å². The Morgan fingerprint density at radius 1 is 1.38 bits per heavy atom. The molecule has 2 unspecified atom stereocenters. The Morgan fingerprint density at radius 3 is 2.81 bits per heavy atom. The van der Waals surface area contributed by atoms with Gasteiger partial charge in [0.25, 0.3) is 0 Å². The first-order valence-electron chi connectivity index (χ1n) is 6.16. The quantitative estimate of drug-likeness (QED) is 0.832.